The first-order valence-electron chi connectivity index (χ1n) is 8.19. The van der Waals surface area contributed by atoms with Crippen molar-refractivity contribution in [1.82, 2.24) is 5.43 Å². The SMILES string of the molecule is COc1ccc(OCC(=O)N/N=C\c2ccc(OCC(N)=O)c(OC)c2)cc1. The van der Waals surface area contributed by atoms with Gasteiger partial charge in [-0.3, -0.25) is 9.59 Å². The molecule has 0 aliphatic heterocycles. The van der Waals surface area contributed by atoms with E-state index in [1.807, 2.05) is 0 Å². The fourth-order valence-electron chi connectivity index (χ4n) is 2.06. The number of carbonyl (C=O) groups excluding carboxylic acids is 2. The summed E-state index contributed by atoms with van der Waals surface area (Å²) in [6, 6.07) is 11.8. The number of nitrogens with one attached hydrogen (secondary N) is 1. The molecular weight excluding hydrogens is 366 g/mol. The molecule has 0 unspecified atom stereocenters. The van der Waals surface area contributed by atoms with Crippen molar-refractivity contribution < 1.29 is 28.5 Å². The van der Waals surface area contributed by atoms with Crippen LogP contribution >= 0.6 is 0 Å². The van der Waals surface area contributed by atoms with Gasteiger partial charge in [-0.2, -0.15) is 5.10 Å². The number of nitrogens with two attached hydrogens (primary N) is 1. The van der Waals surface area contributed by atoms with Crippen LogP contribution in [0.1, 0.15) is 5.56 Å². The molecular formula is C19H21N3O6. The van der Waals surface area contributed by atoms with Crippen molar-refractivity contribution in [3.8, 4) is 23.0 Å². The third kappa shape index (κ3) is 6.52. The molecule has 0 fully saturated rings. The molecule has 148 valence electrons. The lowest BCUT2D eigenvalue weighted by atomic mass is 10.2. The summed E-state index contributed by atoms with van der Waals surface area (Å²) < 4.78 is 20.8. The Bertz CT molecular complexity index is 836. The molecule has 2 aromatic carbocycles. The topological polar surface area (TPSA) is 121 Å². The molecule has 9 nitrogen and oxygen atoms in total. The van der Waals surface area contributed by atoms with Gasteiger partial charge in [0.15, 0.2) is 24.7 Å². The van der Waals surface area contributed by atoms with Crippen LogP contribution in [0.15, 0.2) is 47.6 Å². The fraction of sp³-hybridized carbons (Fsp3) is 0.211. The molecule has 2 aromatic rings. The molecule has 2 rings (SSSR count). The van der Waals surface area contributed by atoms with Gasteiger partial charge in [0.25, 0.3) is 11.8 Å². The van der Waals surface area contributed by atoms with Crippen molar-refractivity contribution >= 4 is 18.0 Å². The predicted molar refractivity (Wildman–Crippen MR) is 102 cm³/mol. The van der Waals surface area contributed by atoms with Gasteiger partial charge in [0.05, 0.1) is 20.4 Å². The largest absolute Gasteiger partial charge is 0.497 e. The summed E-state index contributed by atoms with van der Waals surface area (Å²) in [6.07, 6.45) is 1.44. The van der Waals surface area contributed by atoms with Crippen LogP contribution < -0.4 is 30.1 Å². The van der Waals surface area contributed by atoms with Crippen molar-refractivity contribution in [3.63, 3.8) is 0 Å². The molecule has 0 aliphatic carbocycles. The van der Waals surface area contributed by atoms with Gasteiger partial charge in [-0.15, -0.1) is 0 Å². The van der Waals surface area contributed by atoms with Gasteiger partial charge >= 0.3 is 0 Å². The second-order valence-electron chi connectivity index (χ2n) is 5.42. The van der Waals surface area contributed by atoms with E-state index < -0.39 is 11.8 Å². The molecule has 28 heavy (non-hydrogen) atoms. The van der Waals surface area contributed by atoms with E-state index in [2.05, 4.69) is 10.5 Å². The highest BCUT2D eigenvalue weighted by atomic mass is 16.5. The van der Waals surface area contributed by atoms with Gasteiger partial charge in [-0.25, -0.2) is 5.43 Å². The number of carbonyl (C=O) groups is 2. The maximum atomic E-state index is 11.8. The number of hydrogen-bond acceptors (Lipinski definition) is 7. The van der Waals surface area contributed by atoms with Crippen molar-refractivity contribution in [1.29, 1.82) is 0 Å². The maximum Gasteiger partial charge on any atom is 0.277 e. The van der Waals surface area contributed by atoms with Crippen LogP contribution in [-0.2, 0) is 9.59 Å². The van der Waals surface area contributed by atoms with Crippen LogP contribution in [0.5, 0.6) is 23.0 Å². The smallest absolute Gasteiger partial charge is 0.277 e. The highest BCUT2D eigenvalue weighted by molar-refractivity contribution is 5.83. The van der Waals surface area contributed by atoms with Crippen molar-refractivity contribution in [2.24, 2.45) is 10.8 Å². The molecule has 0 saturated heterocycles. The highest BCUT2D eigenvalue weighted by Crippen LogP contribution is 2.27. The number of benzene rings is 2. The lowest BCUT2D eigenvalue weighted by Crippen LogP contribution is -2.24. The van der Waals surface area contributed by atoms with Gasteiger partial charge in [-0.1, -0.05) is 0 Å². The lowest BCUT2D eigenvalue weighted by molar-refractivity contribution is -0.123. The summed E-state index contributed by atoms with van der Waals surface area (Å²) in [5.41, 5.74) is 8.06. The minimum atomic E-state index is -0.590. The van der Waals surface area contributed by atoms with Crippen LogP contribution in [0, 0.1) is 0 Å². The quantitative estimate of drug-likeness (QED) is 0.465. The third-order valence-corrected chi connectivity index (χ3v) is 3.39. The number of methoxy groups -OCH3 is 2. The molecule has 0 spiro atoms. The molecule has 0 radical (unpaired) electrons. The second kappa shape index (κ2) is 10.4. The first-order chi connectivity index (χ1) is 13.5. The Labute approximate surface area is 162 Å². The Morgan fingerprint density at radius 3 is 2.32 bits per heavy atom. The molecule has 0 bridgehead atoms. The van der Waals surface area contributed by atoms with E-state index >= 15 is 0 Å². The number of rotatable bonds is 10. The van der Waals surface area contributed by atoms with Gasteiger partial charge in [0.1, 0.15) is 11.5 Å². The van der Waals surface area contributed by atoms with E-state index in [1.54, 1.807) is 49.6 Å². The molecule has 0 saturated carbocycles. The minimum absolute atomic E-state index is 0.188. The minimum Gasteiger partial charge on any atom is -0.497 e. The predicted octanol–water partition coefficient (Wildman–Crippen LogP) is 1.10. The molecule has 0 aliphatic rings. The highest BCUT2D eigenvalue weighted by Gasteiger charge is 2.07. The Morgan fingerprint density at radius 2 is 1.68 bits per heavy atom. The Balaban J connectivity index is 1.85. The summed E-state index contributed by atoms with van der Waals surface area (Å²) in [4.78, 5) is 22.6. The third-order valence-electron chi connectivity index (χ3n) is 3.39. The molecule has 2 amide bonds. The first-order valence-corrected chi connectivity index (χ1v) is 8.19. The monoisotopic (exact) mass is 387 g/mol. The average molecular weight is 387 g/mol. The van der Waals surface area contributed by atoms with Crippen LogP contribution in [0.3, 0.4) is 0 Å². The van der Waals surface area contributed by atoms with Gasteiger partial charge in [0.2, 0.25) is 0 Å². The van der Waals surface area contributed by atoms with Crippen LogP contribution in [0.25, 0.3) is 0 Å². The lowest BCUT2D eigenvalue weighted by Gasteiger charge is -2.09. The zero-order chi connectivity index (χ0) is 20.4. The first kappa shape index (κ1) is 20.6. The zero-order valence-electron chi connectivity index (χ0n) is 15.5. The van der Waals surface area contributed by atoms with E-state index in [-0.39, 0.29) is 13.2 Å². The van der Waals surface area contributed by atoms with Crippen LogP contribution in [0.2, 0.25) is 0 Å². The van der Waals surface area contributed by atoms with Gasteiger partial charge in [-0.05, 0) is 48.0 Å². The molecule has 0 heterocycles. The van der Waals surface area contributed by atoms with Crippen molar-refractivity contribution in [2.75, 3.05) is 27.4 Å². The average Bonchev–Trinajstić information content (AvgIpc) is 2.71. The van der Waals surface area contributed by atoms with E-state index in [9.17, 15) is 9.59 Å². The number of nitrogens with zero attached hydrogens (tertiary/aromatic N) is 1. The Morgan fingerprint density at radius 1 is 0.964 bits per heavy atom. The molecule has 0 aromatic heterocycles. The number of amides is 2. The number of hydrogen-bond donors (Lipinski definition) is 2. The number of primary amides is 1. The summed E-state index contributed by atoms with van der Waals surface area (Å²) in [6.45, 7) is -0.444. The fourth-order valence-corrected chi connectivity index (χ4v) is 2.06. The van der Waals surface area contributed by atoms with Gasteiger partial charge in [0, 0.05) is 0 Å². The summed E-state index contributed by atoms with van der Waals surface area (Å²) in [5.74, 6) is 1.00. The normalized spacial score (nSPS) is 10.4. The number of ether oxygens (including phenoxy) is 4. The van der Waals surface area contributed by atoms with Crippen molar-refractivity contribution in [3.05, 3.63) is 48.0 Å². The molecule has 0 atom stereocenters. The summed E-state index contributed by atoms with van der Waals surface area (Å²) in [5, 5.41) is 3.87. The van der Waals surface area contributed by atoms with E-state index in [0.717, 1.165) is 0 Å². The van der Waals surface area contributed by atoms with Gasteiger partial charge < -0.3 is 24.7 Å². The zero-order valence-corrected chi connectivity index (χ0v) is 15.5. The maximum absolute atomic E-state index is 11.8. The van der Waals surface area contributed by atoms with E-state index in [1.165, 1.54) is 13.3 Å². The Hall–Kier alpha value is -3.75. The summed E-state index contributed by atoms with van der Waals surface area (Å²) >= 11 is 0. The number of hydrazone groups is 1. The van der Waals surface area contributed by atoms with E-state index in [0.29, 0.717) is 28.6 Å². The standard InChI is InChI=1S/C19H21N3O6/c1-25-14-4-6-15(7-5-14)27-12-19(24)22-21-10-13-3-8-16(17(9-13)26-2)28-11-18(20)23/h3-10H,11-12H2,1-2H3,(H2,20,23)(H,22,24)/b21-10-. The van der Waals surface area contributed by atoms with E-state index in [4.69, 9.17) is 24.7 Å². The van der Waals surface area contributed by atoms with Crippen LogP contribution in [0.4, 0.5) is 0 Å². The second-order valence-corrected chi connectivity index (χ2v) is 5.42. The Kier molecular flexibility index (Phi) is 7.64. The van der Waals surface area contributed by atoms with Crippen LogP contribution in [-0.4, -0.2) is 45.5 Å². The molecule has 3 N–H and O–H groups in total. The summed E-state index contributed by atoms with van der Waals surface area (Å²) in [7, 11) is 3.03. The van der Waals surface area contributed by atoms with Crippen molar-refractivity contribution in [2.45, 2.75) is 0 Å². The molecule has 9 heteroatoms.